The first-order valence-corrected chi connectivity index (χ1v) is 17.4. The van der Waals surface area contributed by atoms with E-state index in [0.29, 0.717) is 42.8 Å². The second kappa shape index (κ2) is 16.6. The van der Waals surface area contributed by atoms with E-state index in [-0.39, 0.29) is 28.8 Å². The van der Waals surface area contributed by atoms with Gasteiger partial charge >= 0.3 is 0 Å². The first-order valence-electron chi connectivity index (χ1n) is 14.8. The van der Waals surface area contributed by atoms with Crippen LogP contribution in [0.1, 0.15) is 36.7 Å². The molecular formula is C37H28BrN5O4S2. The molecule has 4 aromatic carbocycles. The van der Waals surface area contributed by atoms with Gasteiger partial charge in [-0.3, -0.25) is 19.2 Å². The number of thioether (sulfide) groups is 1. The van der Waals surface area contributed by atoms with E-state index >= 15 is 0 Å². The quantitative estimate of drug-likeness (QED) is 0.0795. The minimum absolute atomic E-state index is 0.00588. The molecule has 1 aromatic heterocycles. The van der Waals surface area contributed by atoms with Gasteiger partial charge in [-0.2, -0.15) is 5.26 Å². The highest BCUT2D eigenvalue weighted by atomic mass is 79.9. The van der Waals surface area contributed by atoms with Crippen LogP contribution >= 0.6 is 39.0 Å². The van der Waals surface area contributed by atoms with Crippen LogP contribution < -0.4 is 21.3 Å². The molecule has 0 spiro atoms. The van der Waals surface area contributed by atoms with Crippen LogP contribution in [0.25, 0.3) is 6.08 Å². The van der Waals surface area contributed by atoms with E-state index in [1.165, 1.54) is 11.8 Å². The molecule has 5 rings (SSSR count). The molecule has 0 aliphatic carbocycles. The third-order valence-electron chi connectivity index (χ3n) is 6.90. The van der Waals surface area contributed by atoms with Gasteiger partial charge in [0.25, 0.3) is 17.7 Å². The van der Waals surface area contributed by atoms with Crippen LogP contribution in [0.2, 0.25) is 0 Å². The van der Waals surface area contributed by atoms with Crippen molar-refractivity contribution in [2.75, 3.05) is 21.7 Å². The van der Waals surface area contributed by atoms with E-state index in [2.05, 4.69) is 43.3 Å². The Kier molecular flexibility index (Phi) is 11.8. The van der Waals surface area contributed by atoms with Crippen molar-refractivity contribution < 1.29 is 19.2 Å². The Hall–Kier alpha value is -5.48. The molecule has 0 saturated carbocycles. The lowest BCUT2D eigenvalue weighted by Gasteiger charge is -2.12. The van der Waals surface area contributed by atoms with Gasteiger partial charge in [0.2, 0.25) is 5.91 Å². The number of anilines is 3. The molecule has 5 aromatic rings. The van der Waals surface area contributed by atoms with E-state index in [0.717, 1.165) is 15.8 Å². The number of nitriles is 1. The zero-order chi connectivity index (χ0) is 34.8. The van der Waals surface area contributed by atoms with Gasteiger partial charge in [-0.05, 0) is 78.7 Å². The Morgan fingerprint density at radius 3 is 2.22 bits per heavy atom. The molecule has 0 fully saturated rings. The second-order valence-electron chi connectivity index (χ2n) is 10.4. The first-order chi connectivity index (χ1) is 23.7. The van der Waals surface area contributed by atoms with E-state index in [9.17, 15) is 24.4 Å². The number of nitrogens with zero attached hydrogens (tertiary/aromatic N) is 1. The van der Waals surface area contributed by atoms with Gasteiger partial charge in [0.15, 0.2) is 0 Å². The molecule has 244 valence electrons. The smallest absolute Gasteiger partial charge is 0.272 e. The normalized spacial score (nSPS) is 10.8. The highest BCUT2D eigenvalue weighted by Crippen LogP contribution is 2.33. The summed E-state index contributed by atoms with van der Waals surface area (Å²) in [6.45, 7) is 1.67. The number of thiophene rings is 1. The maximum absolute atomic E-state index is 13.5. The van der Waals surface area contributed by atoms with Crippen molar-refractivity contribution in [3.63, 3.8) is 0 Å². The number of para-hydroxylation sites is 1. The average Bonchev–Trinajstić information content (AvgIpc) is 3.42. The fourth-order valence-corrected chi connectivity index (χ4v) is 6.78. The standard InChI is InChI=1S/C37H28BrN5O4S2/c1-23-30(21-39)37(49-33(23)36(47)40-27-14-6-3-7-15-27)43-32(44)22-48-29-17-9-16-28(20-29)41-35(46)31(19-24-10-8-13-26(38)18-24)42-34(45)25-11-4-2-5-12-25/h2-20H,22H2,1H3,(H,40,47)(H,41,46)(H,42,45)(H,43,44)/b31-19+. The molecule has 4 N–H and O–H groups in total. The third kappa shape index (κ3) is 9.55. The van der Waals surface area contributed by atoms with Crippen molar-refractivity contribution in [3.8, 4) is 6.07 Å². The van der Waals surface area contributed by atoms with Crippen molar-refractivity contribution in [1.82, 2.24) is 5.32 Å². The van der Waals surface area contributed by atoms with Crippen LogP contribution in [-0.4, -0.2) is 29.4 Å². The van der Waals surface area contributed by atoms with E-state index in [1.807, 2.05) is 30.3 Å². The summed E-state index contributed by atoms with van der Waals surface area (Å²) < 4.78 is 0.816. The number of rotatable bonds is 11. The summed E-state index contributed by atoms with van der Waals surface area (Å²) in [7, 11) is 0. The second-order valence-corrected chi connectivity index (χ2v) is 13.4. The summed E-state index contributed by atoms with van der Waals surface area (Å²) in [6, 6.07) is 33.9. The van der Waals surface area contributed by atoms with Gasteiger partial charge in [0, 0.05) is 26.3 Å². The molecule has 1 heterocycles. The Bertz CT molecular complexity index is 2090. The molecule has 12 heteroatoms. The van der Waals surface area contributed by atoms with E-state index in [1.54, 1.807) is 91.9 Å². The number of nitrogens with one attached hydrogen (secondary N) is 4. The van der Waals surface area contributed by atoms with Crippen LogP contribution in [0.15, 0.2) is 124 Å². The average molecular weight is 751 g/mol. The Morgan fingerprint density at radius 2 is 1.51 bits per heavy atom. The minimum Gasteiger partial charge on any atom is -0.321 e. The molecule has 0 saturated heterocycles. The fourth-order valence-electron chi connectivity index (χ4n) is 4.54. The zero-order valence-electron chi connectivity index (χ0n) is 26.0. The van der Waals surface area contributed by atoms with E-state index < -0.39 is 11.8 Å². The summed E-state index contributed by atoms with van der Waals surface area (Å²) in [5.41, 5.74) is 2.94. The largest absolute Gasteiger partial charge is 0.321 e. The molecular weight excluding hydrogens is 722 g/mol. The van der Waals surface area contributed by atoms with Gasteiger partial charge in [-0.1, -0.05) is 70.5 Å². The SMILES string of the molecule is Cc1c(C(=O)Nc2ccccc2)sc(NC(=O)CSc2cccc(NC(=O)/C(=C\c3cccc(Br)c3)NC(=O)c3ccccc3)c2)c1C#N. The van der Waals surface area contributed by atoms with Gasteiger partial charge in [-0.15, -0.1) is 23.1 Å². The van der Waals surface area contributed by atoms with Crippen molar-refractivity contribution in [2.24, 2.45) is 0 Å². The van der Waals surface area contributed by atoms with Crippen LogP contribution in [0.4, 0.5) is 16.4 Å². The van der Waals surface area contributed by atoms with Crippen molar-refractivity contribution >= 4 is 85.1 Å². The zero-order valence-corrected chi connectivity index (χ0v) is 29.2. The molecule has 0 atom stereocenters. The predicted molar refractivity (Wildman–Crippen MR) is 199 cm³/mol. The van der Waals surface area contributed by atoms with Gasteiger partial charge in [0.1, 0.15) is 16.8 Å². The molecule has 9 nitrogen and oxygen atoms in total. The number of carbonyl (C=O) groups excluding carboxylic acids is 4. The molecule has 0 bridgehead atoms. The maximum atomic E-state index is 13.5. The summed E-state index contributed by atoms with van der Waals surface area (Å²) in [4.78, 5) is 53.3. The summed E-state index contributed by atoms with van der Waals surface area (Å²) in [5.74, 6) is -1.69. The summed E-state index contributed by atoms with van der Waals surface area (Å²) >= 11 is 5.71. The topological polar surface area (TPSA) is 140 Å². The number of benzene rings is 4. The molecule has 0 radical (unpaired) electrons. The van der Waals surface area contributed by atoms with Crippen molar-refractivity contribution in [3.05, 3.63) is 146 Å². The van der Waals surface area contributed by atoms with Crippen LogP contribution in [0.5, 0.6) is 0 Å². The molecule has 0 aliphatic rings. The van der Waals surface area contributed by atoms with Gasteiger partial charge < -0.3 is 21.3 Å². The monoisotopic (exact) mass is 749 g/mol. The minimum atomic E-state index is -0.534. The van der Waals surface area contributed by atoms with Crippen LogP contribution in [0.3, 0.4) is 0 Å². The lowest BCUT2D eigenvalue weighted by Crippen LogP contribution is -2.30. The lowest BCUT2D eigenvalue weighted by molar-refractivity contribution is -0.114. The maximum Gasteiger partial charge on any atom is 0.272 e. The Balaban J connectivity index is 1.24. The number of halogens is 1. The Morgan fingerprint density at radius 1 is 0.816 bits per heavy atom. The summed E-state index contributed by atoms with van der Waals surface area (Å²) in [5, 5.41) is 21.2. The van der Waals surface area contributed by atoms with Gasteiger partial charge in [-0.25, -0.2) is 0 Å². The van der Waals surface area contributed by atoms with Crippen LogP contribution in [-0.2, 0) is 9.59 Å². The molecule has 49 heavy (non-hydrogen) atoms. The van der Waals surface area contributed by atoms with Gasteiger partial charge in [0.05, 0.1) is 16.2 Å². The highest BCUT2D eigenvalue weighted by Gasteiger charge is 2.22. The Labute approximate surface area is 299 Å². The fraction of sp³-hybridized carbons (Fsp3) is 0.0541. The van der Waals surface area contributed by atoms with Crippen LogP contribution in [0, 0.1) is 18.3 Å². The predicted octanol–water partition coefficient (Wildman–Crippen LogP) is 8.08. The lowest BCUT2D eigenvalue weighted by atomic mass is 10.1. The number of amides is 4. The van der Waals surface area contributed by atoms with Crippen molar-refractivity contribution in [2.45, 2.75) is 11.8 Å². The number of hydrogen-bond acceptors (Lipinski definition) is 7. The number of carbonyl (C=O) groups is 4. The first kappa shape index (κ1) is 34.8. The summed E-state index contributed by atoms with van der Waals surface area (Å²) in [6.07, 6.45) is 1.59. The molecule has 4 amide bonds. The molecule has 0 unspecified atom stereocenters. The van der Waals surface area contributed by atoms with E-state index in [4.69, 9.17) is 0 Å². The molecule has 0 aliphatic heterocycles. The highest BCUT2D eigenvalue weighted by molar-refractivity contribution is 9.10. The third-order valence-corrected chi connectivity index (χ3v) is 9.59. The number of hydrogen-bond donors (Lipinski definition) is 4. The van der Waals surface area contributed by atoms with Crippen molar-refractivity contribution in [1.29, 1.82) is 5.26 Å².